The quantitative estimate of drug-likeness (QED) is 0.774. The highest BCUT2D eigenvalue weighted by atomic mass is 35.5. The normalized spacial score (nSPS) is 14.4. The monoisotopic (exact) mass is 355 g/mol. The first-order chi connectivity index (χ1) is 12.2. The minimum absolute atomic E-state index is 0.587. The summed E-state index contributed by atoms with van der Waals surface area (Å²) in [6.45, 7) is 2.62. The zero-order valence-electron chi connectivity index (χ0n) is 13.7. The zero-order valence-corrected chi connectivity index (χ0v) is 14.4. The Kier molecular flexibility index (Phi) is 4.38. The number of nitrogen functional groups attached to an aromatic ring is 1. The van der Waals surface area contributed by atoms with Crippen molar-refractivity contribution < 1.29 is 4.52 Å². The molecule has 1 aliphatic heterocycles. The maximum atomic E-state index is 6.07. The van der Waals surface area contributed by atoms with Gasteiger partial charge in [-0.25, -0.2) is 0 Å². The van der Waals surface area contributed by atoms with Crippen LogP contribution in [0.15, 0.2) is 41.1 Å². The number of hydrogen-bond acceptors (Lipinski definition) is 6. The molecular weight excluding hydrogens is 338 g/mol. The van der Waals surface area contributed by atoms with Gasteiger partial charge in [0.15, 0.2) is 0 Å². The molecule has 0 fully saturated rings. The van der Waals surface area contributed by atoms with Crippen molar-refractivity contribution in [1.82, 2.24) is 20.0 Å². The maximum absolute atomic E-state index is 6.07. The van der Waals surface area contributed by atoms with E-state index in [0.717, 1.165) is 48.6 Å². The van der Waals surface area contributed by atoms with E-state index in [-0.39, 0.29) is 0 Å². The molecule has 0 radical (unpaired) electrons. The summed E-state index contributed by atoms with van der Waals surface area (Å²) in [4.78, 5) is 11.2. The first kappa shape index (κ1) is 16.1. The van der Waals surface area contributed by atoms with Gasteiger partial charge in [-0.2, -0.15) is 4.98 Å². The lowest BCUT2D eigenvalue weighted by Gasteiger charge is -2.28. The molecule has 0 spiro atoms. The summed E-state index contributed by atoms with van der Waals surface area (Å²) < 4.78 is 5.38. The van der Waals surface area contributed by atoms with Gasteiger partial charge in [0.05, 0.1) is 0 Å². The van der Waals surface area contributed by atoms with Gasteiger partial charge >= 0.3 is 0 Å². The minimum atomic E-state index is 0.587. The van der Waals surface area contributed by atoms with Gasteiger partial charge in [0.1, 0.15) is 0 Å². The predicted molar refractivity (Wildman–Crippen MR) is 96.1 cm³/mol. The van der Waals surface area contributed by atoms with Gasteiger partial charge in [0.25, 0.3) is 0 Å². The molecule has 3 heterocycles. The Labute approximate surface area is 150 Å². The van der Waals surface area contributed by atoms with Crippen molar-refractivity contribution in [2.24, 2.45) is 0 Å². The summed E-state index contributed by atoms with van der Waals surface area (Å²) in [5, 5.41) is 4.74. The Balaban J connectivity index is 1.39. The SMILES string of the molecule is Nc1ccnc2c1CN(CCc1nc(-c3ccc(Cl)cc3)no1)CC2. The summed E-state index contributed by atoms with van der Waals surface area (Å²) in [6.07, 6.45) is 3.40. The number of hydrogen-bond donors (Lipinski definition) is 1. The summed E-state index contributed by atoms with van der Waals surface area (Å²) in [7, 11) is 0. The molecule has 1 aliphatic rings. The van der Waals surface area contributed by atoms with E-state index in [9.17, 15) is 0 Å². The standard InChI is InChI=1S/C18H18ClN5O/c19-13-3-1-12(2-4-13)18-22-17(25-23-18)7-10-24-9-6-16-14(11-24)15(20)5-8-21-16/h1-5,8H,6-7,9-11H2,(H2,20,21). The number of benzene rings is 1. The van der Waals surface area contributed by atoms with Crippen molar-refractivity contribution in [3.05, 3.63) is 58.7 Å². The van der Waals surface area contributed by atoms with Gasteiger partial charge in [-0.3, -0.25) is 9.88 Å². The zero-order chi connectivity index (χ0) is 17.2. The number of nitrogens with zero attached hydrogens (tertiary/aromatic N) is 4. The lowest BCUT2D eigenvalue weighted by Crippen LogP contribution is -2.33. The van der Waals surface area contributed by atoms with Crippen LogP contribution in [0.25, 0.3) is 11.4 Å². The van der Waals surface area contributed by atoms with Crippen LogP contribution in [0.1, 0.15) is 17.1 Å². The van der Waals surface area contributed by atoms with Crippen LogP contribution in [-0.2, 0) is 19.4 Å². The smallest absolute Gasteiger partial charge is 0.228 e. The van der Waals surface area contributed by atoms with Gasteiger partial charge in [0.2, 0.25) is 11.7 Å². The Hall–Kier alpha value is -2.44. The second kappa shape index (κ2) is 6.82. The molecule has 128 valence electrons. The molecule has 4 rings (SSSR count). The Morgan fingerprint density at radius 3 is 2.88 bits per heavy atom. The highest BCUT2D eigenvalue weighted by molar-refractivity contribution is 6.30. The van der Waals surface area contributed by atoms with Crippen molar-refractivity contribution in [2.75, 3.05) is 18.8 Å². The fourth-order valence-electron chi connectivity index (χ4n) is 3.03. The number of pyridine rings is 1. The van der Waals surface area contributed by atoms with Crippen LogP contribution in [0, 0.1) is 0 Å². The molecule has 7 heteroatoms. The summed E-state index contributed by atoms with van der Waals surface area (Å²) in [5.41, 5.74) is 10.0. The summed E-state index contributed by atoms with van der Waals surface area (Å²) in [5.74, 6) is 1.22. The Morgan fingerprint density at radius 1 is 1.20 bits per heavy atom. The highest BCUT2D eigenvalue weighted by Gasteiger charge is 2.19. The van der Waals surface area contributed by atoms with E-state index in [1.807, 2.05) is 30.3 Å². The first-order valence-corrected chi connectivity index (χ1v) is 8.60. The summed E-state index contributed by atoms with van der Waals surface area (Å²) in [6, 6.07) is 9.26. The second-order valence-corrected chi connectivity index (χ2v) is 6.56. The third kappa shape index (κ3) is 3.50. The predicted octanol–water partition coefficient (Wildman–Crippen LogP) is 2.97. The third-order valence-electron chi connectivity index (χ3n) is 4.44. The number of rotatable bonds is 4. The average molecular weight is 356 g/mol. The first-order valence-electron chi connectivity index (χ1n) is 8.22. The molecule has 1 aromatic carbocycles. The number of fused-ring (bicyclic) bond motifs is 1. The van der Waals surface area contributed by atoms with Crippen LogP contribution in [0.2, 0.25) is 5.02 Å². The van der Waals surface area contributed by atoms with E-state index in [4.69, 9.17) is 21.9 Å². The van der Waals surface area contributed by atoms with Crippen LogP contribution in [0.5, 0.6) is 0 Å². The fourth-order valence-corrected chi connectivity index (χ4v) is 3.16. The fraction of sp³-hybridized carbons (Fsp3) is 0.278. The van der Waals surface area contributed by atoms with Crippen LogP contribution in [0.4, 0.5) is 5.69 Å². The molecule has 25 heavy (non-hydrogen) atoms. The molecule has 3 aromatic rings. The molecular formula is C18H18ClN5O. The van der Waals surface area contributed by atoms with Crippen LogP contribution >= 0.6 is 11.6 Å². The van der Waals surface area contributed by atoms with Crippen molar-refractivity contribution in [3.63, 3.8) is 0 Å². The van der Waals surface area contributed by atoms with Crippen molar-refractivity contribution in [2.45, 2.75) is 19.4 Å². The molecule has 0 saturated heterocycles. The van der Waals surface area contributed by atoms with Gasteiger partial charge in [-0.15, -0.1) is 0 Å². The van der Waals surface area contributed by atoms with E-state index in [1.165, 1.54) is 0 Å². The van der Waals surface area contributed by atoms with Gasteiger partial charge in [-0.05, 0) is 30.3 Å². The van der Waals surface area contributed by atoms with E-state index in [2.05, 4.69) is 20.0 Å². The van der Waals surface area contributed by atoms with Crippen LogP contribution in [0.3, 0.4) is 0 Å². The maximum Gasteiger partial charge on any atom is 0.228 e. The molecule has 0 bridgehead atoms. The number of aromatic nitrogens is 3. The topological polar surface area (TPSA) is 81.1 Å². The molecule has 2 N–H and O–H groups in total. The minimum Gasteiger partial charge on any atom is -0.398 e. The van der Waals surface area contributed by atoms with E-state index in [0.29, 0.717) is 23.2 Å². The third-order valence-corrected chi connectivity index (χ3v) is 4.69. The lowest BCUT2D eigenvalue weighted by atomic mass is 10.0. The largest absolute Gasteiger partial charge is 0.398 e. The number of halogens is 1. The van der Waals surface area contributed by atoms with Crippen LogP contribution < -0.4 is 5.73 Å². The summed E-state index contributed by atoms with van der Waals surface area (Å²) >= 11 is 5.90. The van der Waals surface area contributed by atoms with Gasteiger partial charge in [0, 0.05) is 66.2 Å². The van der Waals surface area contributed by atoms with E-state index in [1.54, 1.807) is 6.20 Å². The van der Waals surface area contributed by atoms with Crippen LogP contribution in [-0.4, -0.2) is 33.1 Å². The molecule has 6 nitrogen and oxygen atoms in total. The van der Waals surface area contributed by atoms with E-state index < -0.39 is 0 Å². The molecule has 2 aromatic heterocycles. The lowest BCUT2D eigenvalue weighted by molar-refractivity contribution is 0.244. The Bertz CT molecular complexity index is 877. The Morgan fingerprint density at radius 2 is 2.04 bits per heavy atom. The van der Waals surface area contributed by atoms with E-state index >= 15 is 0 Å². The molecule has 0 unspecified atom stereocenters. The van der Waals surface area contributed by atoms with Gasteiger partial charge in [-0.1, -0.05) is 16.8 Å². The highest BCUT2D eigenvalue weighted by Crippen LogP contribution is 2.23. The van der Waals surface area contributed by atoms with Crippen molar-refractivity contribution in [1.29, 1.82) is 0 Å². The van der Waals surface area contributed by atoms with Crippen molar-refractivity contribution in [3.8, 4) is 11.4 Å². The van der Waals surface area contributed by atoms with Crippen molar-refractivity contribution >= 4 is 17.3 Å². The number of anilines is 1. The van der Waals surface area contributed by atoms with Gasteiger partial charge < -0.3 is 10.3 Å². The second-order valence-electron chi connectivity index (χ2n) is 6.12. The molecule has 0 atom stereocenters. The average Bonchev–Trinajstić information content (AvgIpc) is 3.10. The molecule has 0 amide bonds. The molecule has 0 aliphatic carbocycles. The number of nitrogens with two attached hydrogens (primary N) is 1. The molecule has 0 saturated carbocycles.